The first kappa shape index (κ1) is 25.4. The molecule has 1 heterocycles. The summed E-state index contributed by atoms with van der Waals surface area (Å²) in [6, 6.07) is 13.1. The molecular weight excluding hydrogens is 455 g/mol. The van der Waals surface area contributed by atoms with Crippen molar-refractivity contribution in [2.45, 2.75) is 51.2 Å². The molecule has 0 aliphatic carbocycles. The first-order valence-electron chi connectivity index (χ1n) is 11.3. The maximum absolute atomic E-state index is 13.1. The summed E-state index contributed by atoms with van der Waals surface area (Å²) in [5, 5.41) is 13.3. The molecule has 7 nitrogen and oxygen atoms in total. The van der Waals surface area contributed by atoms with E-state index in [1.54, 1.807) is 31.2 Å². The molecule has 0 aromatic heterocycles. The molecule has 2 amide bonds. The summed E-state index contributed by atoms with van der Waals surface area (Å²) in [5.74, 6) is -0.180. The second-order valence-electron chi connectivity index (χ2n) is 7.88. The Bertz CT molecular complexity index is 1040. The monoisotopic (exact) mass is 484 g/mol. The number of amides is 2. The van der Waals surface area contributed by atoms with Crippen molar-refractivity contribution in [2.24, 2.45) is 10.2 Å². The molecule has 1 fully saturated rings. The van der Waals surface area contributed by atoms with E-state index >= 15 is 0 Å². The van der Waals surface area contributed by atoms with Gasteiger partial charge in [-0.3, -0.25) is 9.59 Å². The van der Waals surface area contributed by atoms with E-state index in [0.717, 1.165) is 30.4 Å². The fourth-order valence-corrected chi connectivity index (χ4v) is 4.12. The average molecular weight is 485 g/mol. The number of hydrogen-bond donors (Lipinski definition) is 2. The molecular formula is C25H29FN4O3S. The SMILES string of the molecule is CCCCCCOc1ccc(NC(=O)[C@H]2CC(=O)N/C(=N/N=C(/C)c3ccc(F)cc3)S2)cc1. The smallest absolute Gasteiger partial charge is 0.238 e. The lowest BCUT2D eigenvalue weighted by Crippen LogP contribution is -2.41. The third kappa shape index (κ3) is 7.98. The van der Waals surface area contributed by atoms with Gasteiger partial charge in [-0.05, 0) is 55.3 Å². The van der Waals surface area contributed by atoms with Gasteiger partial charge in [-0.2, -0.15) is 5.10 Å². The van der Waals surface area contributed by atoms with Crippen LogP contribution in [0.3, 0.4) is 0 Å². The van der Waals surface area contributed by atoms with Gasteiger partial charge in [0.05, 0.1) is 12.3 Å². The van der Waals surface area contributed by atoms with Crippen molar-refractivity contribution in [3.63, 3.8) is 0 Å². The van der Waals surface area contributed by atoms with Gasteiger partial charge in [-0.1, -0.05) is 50.1 Å². The number of carbonyl (C=O) groups excluding carboxylic acids is 2. The maximum atomic E-state index is 13.1. The van der Waals surface area contributed by atoms with Crippen LogP contribution in [0.4, 0.5) is 10.1 Å². The molecule has 0 radical (unpaired) electrons. The van der Waals surface area contributed by atoms with Gasteiger partial charge in [0.1, 0.15) is 16.8 Å². The molecule has 2 aromatic rings. The number of ether oxygens (including phenoxy) is 1. The molecule has 1 aliphatic heterocycles. The van der Waals surface area contributed by atoms with E-state index < -0.39 is 5.25 Å². The third-order valence-corrected chi connectivity index (χ3v) is 6.18. The van der Waals surface area contributed by atoms with Crippen LogP contribution in [-0.2, 0) is 9.59 Å². The van der Waals surface area contributed by atoms with Crippen molar-refractivity contribution >= 4 is 40.1 Å². The second kappa shape index (κ2) is 12.9. The molecule has 0 unspecified atom stereocenters. The van der Waals surface area contributed by atoms with Crippen LogP contribution in [-0.4, -0.2) is 34.6 Å². The number of anilines is 1. The lowest BCUT2D eigenvalue weighted by atomic mass is 10.1. The maximum Gasteiger partial charge on any atom is 0.238 e. The van der Waals surface area contributed by atoms with Gasteiger partial charge in [0.25, 0.3) is 0 Å². The fraction of sp³-hybridized carbons (Fsp3) is 0.360. The van der Waals surface area contributed by atoms with Crippen LogP contribution in [0.5, 0.6) is 5.75 Å². The number of unbranched alkanes of at least 4 members (excludes halogenated alkanes) is 3. The summed E-state index contributed by atoms with van der Waals surface area (Å²) < 4.78 is 18.8. The molecule has 34 heavy (non-hydrogen) atoms. The van der Waals surface area contributed by atoms with Gasteiger partial charge in [0.15, 0.2) is 5.17 Å². The van der Waals surface area contributed by atoms with Crippen LogP contribution in [0.15, 0.2) is 58.7 Å². The van der Waals surface area contributed by atoms with E-state index in [9.17, 15) is 14.0 Å². The number of rotatable bonds is 10. The van der Waals surface area contributed by atoms with Gasteiger partial charge in [-0.25, -0.2) is 4.39 Å². The van der Waals surface area contributed by atoms with E-state index in [4.69, 9.17) is 4.74 Å². The van der Waals surface area contributed by atoms with Crippen molar-refractivity contribution in [2.75, 3.05) is 11.9 Å². The van der Waals surface area contributed by atoms with Gasteiger partial charge >= 0.3 is 0 Å². The second-order valence-corrected chi connectivity index (χ2v) is 9.07. The zero-order valence-electron chi connectivity index (χ0n) is 19.3. The fourth-order valence-electron chi connectivity index (χ4n) is 3.18. The Morgan fingerprint density at radius 1 is 1.15 bits per heavy atom. The molecule has 1 atom stereocenters. The van der Waals surface area contributed by atoms with Crippen LogP contribution < -0.4 is 15.4 Å². The standard InChI is InChI=1S/C25H29FN4O3S/c1-3-4-5-6-15-33-21-13-11-20(12-14-21)27-24(32)22-16-23(31)28-25(34-22)30-29-17(2)18-7-9-19(26)10-8-18/h7-14,22H,3-6,15-16H2,1-2H3,(H,27,32)(H,28,30,31)/b29-17-/t22-/m1/s1. The Balaban J connectivity index is 1.55. The van der Waals surface area contributed by atoms with Gasteiger partial charge in [0.2, 0.25) is 11.8 Å². The highest BCUT2D eigenvalue weighted by Gasteiger charge is 2.30. The number of nitrogens with zero attached hydrogens (tertiary/aromatic N) is 2. The number of nitrogens with one attached hydrogen (secondary N) is 2. The molecule has 180 valence electrons. The lowest BCUT2D eigenvalue weighted by molar-refractivity contribution is -0.123. The van der Waals surface area contributed by atoms with Crippen molar-refractivity contribution in [1.29, 1.82) is 0 Å². The van der Waals surface area contributed by atoms with Gasteiger partial charge < -0.3 is 15.4 Å². The van der Waals surface area contributed by atoms with Crippen LogP contribution in [0.25, 0.3) is 0 Å². The van der Waals surface area contributed by atoms with Crippen molar-refractivity contribution in [3.8, 4) is 5.75 Å². The zero-order valence-corrected chi connectivity index (χ0v) is 20.2. The number of halogens is 1. The Morgan fingerprint density at radius 2 is 1.88 bits per heavy atom. The summed E-state index contributed by atoms with van der Waals surface area (Å²) >= 11 is 1.14. The largest absolute Gasteiger partial charge is 0.494 e. The number of hydrogen-bond acceptors (Lipinski definition) is 6. The van der Waals surface area contributed by atoms with Gasteiger partial charge in [-0.15, -0.1) is 5.10 Å². The minimum absolute atomic E-state index is 0.0368. The van der Waals surface area contributed by atoms with Crippen LogP contribution in [0.2, 0.25) is 0 Å². The summed E-state index contributed by atoms with van der Waals surface area (Å²) in [6.45, 7) is 4.57. The van der Waals surface area contributed by atoms with Gasteiger partial charge in [0, 0.05) is 12.1 Å². The summed E-state index contributed by atoms with van der Waals surface area (Å²) in [4.78, 5) is 24.8. The van der Waals surface area contributed by atoms with Crippen molar-refractivity contribution in [1.82, 2.24) is 5.32 Å². The highest BCUT2D eigenvalue weighted by molar-refractivity contribution is 8.15. The molecule has 0 bridgehead atoms. The number of benzene rings is 2. The summed E-state index contributed by atoms with van der Waals surface area (Å²) in [6.07, 6.45) is 4.60. The number of carbonyl (C=O) groups is 2. The molecule has 2 aromatic carbocycles. The normalized spacial score (nSPS) is 17.4. The molecule has 2 N–H and O–H groups in total. The van der Waals surface area contributed by atoms with Crippen LogP contribution in [0.1, 0.15) is 51.5 Å². The predicted octanol–water partition coefficient (Wildman–Crippen LogP) is 5.13. The first-order valence-corrected chi connectivity index (χ1v) is 12.2. The molecule has 9 heteroatoms. The summed E-state index contributed by atoms with van der Waals surface area (Å²) in [5.41, 5.74) is 1.89. The minimum atomic E-state index is -0.636. The average Bonchev–Trinajstić information content (AvgIpc) is 2.83. The van der Waals surface area contributed by atoms with E-state index in [1.165, 1.54) is 25.0 Å². The van der Waals surface area contributed by atoms with Crippen LogP contribution in [0, 0.1) is 5.82 Å². The predicted molar refractivity (Wildman–Crippen MR) is 135 cm³/mol. The molecule has 1 aliphatic rings. The third-order valence-electron chi connectivity index (χ3n) is 5.10. The van der Waals surface area contributed by atoms with E-state index in [-0.39, 0.29) is 29.2 Å². The van der Waals surface area contributed by atoms with Crippen LogP contribution >= 0.6 is 11.8 Å². The summed E-state index contributed by atoms with van der Waals surface area (Å²) in [7, 11) is 0. The number of amidine groups is 1. The quantitative estimate of drug-likeness (QED) is 0.278. The van der Waals surface area contributed by atoms with Crippen molar-refractivity contribution in [3.05, 3.63) is 59.9 Å². The van der Waals surface area contributed by atoms with E-state index in [1.807, 2.05) is 12.1 Å². The Kier molecular flexibility index (Phi) is 9.63. The minimum Gasteiger partial charge on any atom is -0.494 e. The molecule has 3 rings (SSSR count). The lowest BCUT2D eigenvalue weighted by Gasteiger charge is -2.21. The topological polar surface area (TPSA) is 92.1 Å². The zero-order chi connectivity index (χ0) is 24.3. The molecule has 1 saturated heterocycles. The highest BCUT2D eigenvalue weighted by Crippen LogP contribution is 2.23. The molecule has 0 spiro atoms. The van der Waals surface area contributed by atoms with Crippen molar-refractivity contribution < 1.29 is 18.7 Å². The first-order chi connectivity index (χ1) is 16.4. The molecule has 0 saturated carbocycles. The Hall–Kier alpha value is -3.20. The highest BCUT2D eigenvalue weighted by atomic mass is 32.2. The Labute approximate surface area is 203 Å². The Morgan fingerprint density at radius 3 is 2.59 bits per heavy atom. The number of thioether (sulfide) groups is 1. The van der Waals surface area contributed by atoms with E-state index in [2.05, 4.69) is 27.8 Å². The van der Waals surface area contributed by atoms with E-state index in [0.29, 0.717) is 23.6 Å².